The van der Waals surface area contributed by atoms with Crippen LogP contribution in [0, 0.1) is 5.92 Å². The monoisotopic (exact) mass is 295 g/mol. The minimum absolute atomic E-state index is 0.133. The maximum Gasteiger partial charge on any atom is 0.0840 e. The zero-order valence-corrected chi connectivity index (χ0v) is 13.4. The summed E-state index contributed by atoms with van der Waals surface area (Å²) >= 11 is 0. The predicted octanol–water partition coefficient (Wildman–Crippen LogP) is 0.855. The molecule has 0 aromatic rings. The van der Waals surface area contributed by atoms with Crippen LogP contribution in [0.2, 0.25) is 0 Å². The van der Waals surface area contributed by atoms with Gasteiger partial charge in [0.25, 0.3) is 0 Å². The average molecular weight is 295 g/mol. The van der Waals surface area contributed by atoms with Gasteiger partial charge in [-0.15, -0.1) is 0 Å². The molecule has 4 saturated heterocycles. The highest BCUT2D eigenvalue weighted by molar-refractivity contribution is 5.11. The van der Waals surface area contributed by atoms with Crippen molar-refractivity contribution in [2.24, 2.45) is 5.92 Å². The van der Waals surface area contributed by atoms with E-state index in [0.29, 0.717) is 11.6 Å². The molecule has 3 unspecified atom stereocenters. The fourth-order valence-corrected chi connectivity index (χ4v) is 5.22. The number of ether oxygens (including phenoxy) is 2. The molecule has 0 bridgehead atoms. The zero-order valence-electron chi connectivity index (χ0n) is 13.4. The molecule has 3 atom stereocenters. The molecule has 4 aliphatic heterocycles. The average Bonchev–Trinajstić information content (AvgIpc) is 3.12. The molecule has 0 amide bonds. The topological polar surface area (TPSA) is 37.0 Å². The van der Waals surface area contributed by atoms with Gasteiger partial charge in [0.05, 0.1) is 11.7 Å². The summed E-state index contributed by atoms with van der Waals surface area (Å²) in [6, 6.07) is 0. The van der Waals surface area contributed by atoms with Crippen LogP contribution >= 0.6 is 0 Å². The lowest BCUT2D eigenvalue weighted by atomic mass is 9.66. The van der Waals surface area contributed by atoms with Gasteiger partial charge in [-0.1, -0.05) is 0 Å². The Kier molecular flexibility index (Phi) is 3.54. The summed E-state index contributed by atoms with van der Waals surface area (Å²) in [4.78, 5) is 2.56. The number of nitrogens with zero attached hydrogens (tertiary/aromatic N) is 2. The highest BCUT2D eigenvalue weighted by atomic mass is 16.5. The third-order valence-corrected chi connectivity index (χ3v) is 6.65. The maximum absolute atomic E-state index is 6.67. The molecule has 0 radical (unpaired) electrons. The van der Waals surface area contributed by atoms with Crippen LogP contribution in [0.3, 0.4) is 0 Å². The van der Waals surface area contributed by atoms with Crippen molar-refractivity contribution in [3.8, 4) is 0 Å². The molecule has 2 spiro atoms. The van der Waals surface area contributed by atoms with Crippen molar-refractivity contribution in [2.45, 2.75) is 49.3 Å². The number of hydrazine groups is 1. The molecule has 0 aliphatic carbocycles. The SMILES string of the molecule is CNN1CCC2(CCC(C3CN(C)C34CCOCC4)O2)C1. The molecule has 1 N–H and O–H groups in total. The van der Waals surface area contributed by atoms with Crippen LogP contribution in [0.25, 0.3) is 0 Å². The minimum Gasteiger partial charge on any atom is -0.381 e. The number of hydrogen-bond donors (Lipinski definition) is 1. The van der Waals surface area contributed by atoms with Gasteiger partial charge in [-0.05, 0) is 46.2 Å². The Balaban J connectivity index is 1.44. The number of hydrogen-bond acceptors (Lipinski definition) is 5. The first-order valence-electron chi connectivity index (χ1n) is 8.57. The largest absolute Gasteiger partial charge is 0.381 e. The van der Waals surface area contributed by atoms with E-state index in [9.17, 15) is 0 Å². The van der Waals surface area contributed by atoms with E-state index in [1.54, 1.807) is 0 Å². The summed E-state index contributed by atoms with van der Waals surface area (Å²) < 4.78 is 12.3. The molecule has 4 aliphatic rings. The molecule has 0 aromatic carbocycles. The van der Waals surface area contributed by atoms with E-state index in [1.165, 1.54) is 38.6 Å². The molecule has 4 fully saturated rings. The van der Waals surface area contributed by atoms with Crippen LogP contribution < -0.4 is 5.43 Å². The van der Waals surface area contributed by atoms with E-state index in [-0.39, 0.29) is 5.60 Å². The molecule has 4 rings (SSSR count). The van der Waals surface area contributed by atoms with Crippen molar-refractivity contribution >= 4 is 0 Å². The summed E-state index contributed by atoms with van der Waals surface area (Å²) in [6.07, 6.45) is 6.51. The lowest BCUT2D eigenvalue weighted by Crippen LogP contribution is -2.70. The lowest BCUT2D eigenvalue weighted by Gasteiger charge is -2.61. The van der Waals surface area contributed by atoms with Crippen molar-refractivity contribution in [1.82, 2.24) is 15.3 Å². The standard InChI is InChI=1S/C16H29N3O2/c1-17-19-8-5-15(12-19)4-3-14(21-15)13-11-18(2)16(13)6-9-20-10-7-16/h13-14,17H,3-12H2,1-2H3. The van der Waals surface area contributed by atoms with E-state index in [1.807, 2.05) is 7.05 Å². The minimum atomic E-state index is 0.133. The Labute approximate surface area is 127 Å². The molecule has 120 valence electrons. The van der Waals surface area contributed by atoms with Crippen LogP contribution in [0.15, 0.2) is 0 Å². The van der Waals surface area contributed by atoms with Gasteiger partial charge >= 0.3 is 0 Å². The van der Waals surface area contributed by atoms with Crippen LogP contribution in [0.5, 0.6) is 0 Å². The van der Waals surface area contributed by atoms with Gasteiger partial charge in [-0.2, -0.15) is 0 Å². The molecule has 5 nitrogen and oxygen atoms in total. The second-order valence-corrected chi connectivity index (χ2v) is 7.48. The normalized spacial score (nSPS) is 43.7. The van der Waals surface area contributed by atoms with E-state index in [2.05, 4.69) is 22.4 Å². The van der Waals surface area contributed by atoms with Crippen molar-refractivity contribution < 1.29 is 9.47 Å². The van der Waals surface area contributed by atoms with Crippen molar-refractivity contribution in [3.63, 3.8) is 0 Å². The van der Waals surface area contributed by atoms with Crippen LogP contribution in [-0.4, -0.2) is 74.1 Å². The zero-order chi connectivity index (χ0) is 14.5. The van der Waals surface area contributed by atoms with Gasteiger partial charge in [0.1, 0.15) is 0 Å². The smallest absolute Gasteiger partial charge is 0.0840 e. The Morgan fingerprint density at radius 1 is 1.14 bits per heavy atom. The molecule has 5 heteroatoms. The third kappa shape index (κ3) is 2.17. The van der Waals surface area contributed by atoms with Crippen LogP contribution in [0.4, 0.5) is 0 Å². The first-order valence-corrected chi connectivity index (χ1v) is 8.57. The van der Waals surface area contributed by atoms with Gasteiger partial charge < -0.3 is 9.47 Å². The fraction of sp³-hybridized carbons (Fsp3) is 1.00. The van der Waals surface area contributed by atoms with E-state index < -0.39 is 0 Å². The molecular formula is C16H29N3O2. The second-order valence-electron chi connectivity index (χ2n) is 7.48. The Morgan fingerprint density at radius 3 is 2.62 bits per heavy atom. The Bertz CT molecular complexity index is 399. The molecule has 0 saturated carbocycles. The summed E-state index contributed by atoms with van der Waals surface area (Å²) in [6.45, 7) is 5.22. The van der Waals surface area contributed by atoms with Crippen molar-refractivity contribution in [3.05, 3.63) is 0 Å². The van der Waals surface area contributed by atoms with Gasteiger partial charge in [-0.3, -0.25) is 10.3 Å². The third-order valence-electron chi connectivity index (χ3n) is 6.65. The maximum atomic E-state index is 6.67. The molecule has 21 heavy (non-hydrogen) atoms. The van der Waals surface area contributed by atoms with E-state index >= 15 is 0 Å². The Morgan fingerprint density at radius 2 is 1.95 bits per heavy atom. The van der Waals surface area contributed by atoms with E-state index in [4.69, 9.17) is 9.47 Å². The first kappa shape index (κ1) is 14.4. The van der Waals surface area contributed by atoms with Crippen LogP contribution in [-0.2, 0) is 9.47 Å². The summed E-state index contributed by atoms with van der Waals surface area (Å²) in [7, 11) is 4.30. The molecule has 0 aromatic heterocycles. The van der Waals surface area contributed by atoms with Crippen molar-refractivity contribution in [1.29, 1.82) is 0 Å². The van der Waals surface area contributed by atoms with Gasteiger partial charge in [0, 0.05) is 44.3 Å². The van der Waals surface area contributed by atoms with Crippen LogP contribution in [0.1, 0.15) is 32.1 Å². The summed E-state index contributed by atoms with van der Waals surface area (Å²) in [5.74, 6) is 0.717. The highest BCUT2D eigenvalue weighted by Gasteiger charge is 2.58. The lowest BCUT2D eigenvalue weighted by molar-refractivity contribution is -0.180. The predicted molar refractivity (Wildman–Crippen MR) is 81.0 cm³/mol. The summed E-state index contributed by atoms with van der Waals surface area (Å²) in [5.41, 5.74) is 3.78. The van der Waals surface area contributed by atoms with Gasteiger partial charge in [0.2, 0.25) is 0 Å². The van der Waals surface area contributed by atoms with Gasteiger partial charge in [-0.25, -0.2) is 5.01 Å². The number of rotatable bonds is 2. The highest BCUT2D eigenvalue weighted by Crippen LogP contribution is 2.50. The first-order chi connectivity index (χ1) is 10.2. The molecular weight excluding hydrogens is 266 g/mol. The molecule has 4 heterocycles. The fourth-order valence-electron chi connectivity index (χ4n) is 5.22. The Hall–Kier alpha value is -0.200. The number of nitrogens with one attached hydrogen (secondary N) is 1. The van der Waals surface area contributed by atoms with Crippen molar-refractivity contribution in [2.75, 3.05) is 46.9 Å². The summed E-state index contributed by atoms with van der Waals surface area (Å²) in [5, 5.41) is 2.31. The quantitative estimate of drug-likeness (QED) is 0.818. The second kappa shape index (κ2) is 5.17. The van der Waals surface area contributed by atoms with E-state index in [0.717, 1.165) is 32.2 Å². The van der Waals surface area contributed by atoms with Gasteiger partial charge in [0.15, 0.2) is 0 Å². The number of likely N-dealkylation sites (tertiary alicyclic amines) is 1.